The van der Waals surface area contributed by atoms with Gasteiger partial charge in [-0.05, 0) is 6.42 Å². The molecule has 0 aliphatic heterocycles. The number of carbonyl (C=O) groups excluding carboxylic acids is 2. The van der Waals surface area contributed by atoms with Gasteiger partial charge >= 0.3 is 18.3 Å². The zero-order chi connectivity index (χ0) is 17.9. The quantitative estimate of drug-likeness (QED) is 0.349. The van der Waals surface area contributed by atoms with E-state index < -0.39 is 50.1 Å². The molecule has 1 N–H and O–H groups in total. The molecule has 1 unspecified atom stereocenters. The van der Waals surface area contributed by atoms with E-state index in [1.54, 1.807) is 0 Å². The Morgan fingerprint density at radius 3 is 2.57 bits per heavy atom. The summed E-state index contributed by atoms with van der Waals surface area (Å²) in [6.45, 7) is 0.345. The Bertz CT molecular complexity index is 452. The van der Waals surface area contributed by atoms with Crippen molar-refractivity contribution in [3.63, 3.8) is 0 Å². The van der Waals surface area contributed by atoms with Gasteiger partial charge < -0.3 is 14.8 Å². The highest BCUT2D eigenvalue weighted by Crippen LogP contribution is 2.22. The van der Waals surface area contributed by atoms with E-state index in [0.29, 0.717) is 6.42 Å². The third-order valence-electron chi connectivity index (χ3n) is 2.37. The molecule has 6 nitrogen and oxygen atoms in total. The molecule has 0 bridgehead atoms. The maximum absolute atomic E-state index is 12.7. The number of carbonyl (C=O) groups is 2. The van der Waals surface area contributed by atoms with E-state index >= 15 is 0 Å². The average molecular weight is 340 g/mol. The number of nitrogens with zero attached hydrogens (tertiary/aromatic N) is 1. The number of nitrogens with one attached hydrogen (secondary N) is 1. The van der Waals surface area contributed by atoms with Crippen LogP contribution in [0.4, 0.5) is 17.6 Å². The van der Waals surface area contributed by atoms with E-state index in [9.17, 15) is 27.2 Å². The number of esters is 1. The standard InChI is InChI=1S/C13H16F4N2O4/c1-2-3-4-10(20)19-9(11(21)23-6-5-18)7-22-8-13(16,17)12(14)15/h2,9,12H,1,3-4,6-8H2,(H,19,20). The minimum Gasteiger partial charge on any atom is -0.449 e. The maximum Gasteiger partial charge on any atom is 0.332 e. The van der Waals surface area contributed by atoms with Crippen molar-refractivity contribution in [2.45, 2.75) is 31.2 Å². The molecule has 23 heavy (non-hydrogen) atoms. The summed E-state index contributed by atoms with van der Waals surface area (Å²) in [4.78, 5) is 23.1. The predicted molar refractivity (Wildman–Crippen MR) is 69.7 cm³/mol. The molecule has 0 aliphatic carbocycles. The highest BCUT2D eigenvalue weighted by molar-refractivity contribution is 5.84. The summed E-state index contributed by atoms with van der Waals surface area (Å²) < 4.78 is 58.2. The van der Waals surface area contributed by atoms with E-state index in [1.165, 1.54) is 12.1 Å². The Balaban J connectivity index is 4.60. The summed E-state index contributed by atoms with van der Waals surface area (Å²) in [6.07, 6.45) is -2.20. The molecule has 0 heterocycles. The van der Waals surface area contributed by atoms with Crippen LogP contribution in [0.25, 0.3) is 0 Å². The first kappa shape index (κ1) is 20.9. The molecule has 1 amide bonds. The molecule has 0 saturated heterocycles. The lowest BCUT2D eigenvalue weighted by atomic mass is 10.2. The van der Waals surface area contributed by atoms with Crippen molar-refractivity contribution in [2.75, 3.05) is 19.8 Å². The van der Waals surface area contributed by atoms with Gasteiger partial charge in [0.25, 0.3) is 0 Å². The Morgan fingerprint density at radius 2 is 2.04 bits per heavy atom. The number of amides is 1. The molecule has 0 radical (unpaired) electrons. The molecular formula is C13H16F4N2O4. The fourth-order valence-corrected chi connectivity index (χ4v) is 1.25. The van der Waals surface area contributed by atoms with Crippen LogP contribution >= 0.6 is 0 Å². The van der Waals surface area contributed by atoms with Gasteiger partial charge in [0.15, 0.2) is 12.6 Å². The van der Waals surface area contributed by atoms with Crippen LogP contribution in [0.3, 0.4) is 0 Å². The summed E-state index contributed by atoms with van der Waals surface area (Å²) in [5, 5.41) is 10.4. The fourth-order valence-electron chi connectivity index (χ4n) is 1.25. The van der Waals surface area contributed by atoms with Crippen molar-refractivity contribution >= 4 is 11.9 Å². The van der Waals surface area contributed by atoms with Crippen molar-refractivity contribution in [1.82, 2.24) is 5.32 Å². The lowest BCUT2D eigenvalue weighted by molar-refractivity contribution is -0.170. The molecule has 0 fully saturated rings. The molecular weight excluding hydrogens is 324 g/mol. The number of halogens is 4. The van der Waals surface area contributed by atoms with Crippen molar-refractivity contribution in [1.29, 1.82) is 5.26 Å². The van der Waals surface area contributed by atoms with Gasteiger partial charge in [-0.1, -0.05) is 6.08 Å². The Morgan fingerprint density at radius 1 is 1.39 bits per heavy atom. The van der Waals surface area contributed by atoms with Gasteiger partial charge in [0.05, 0.1) is 6.61 Å². The van der Waals surface area contributed by atoms with E-state index in [2.05, 4.69) is 21.4 Å². The van der Waals surface area contributed by atoms with Crippen LogP contribution in [-0.4, -0.2) is 50.1 Å². The first-order valence-electron chi connectivity index (χ1n) is 6.42. The SMILES string of the molecule is C=CCCC(=O)NC(COCC(F)(F)C(F)F)C(=O)OCC#N. The lowest BCUT2D eigenvalue weighted by Gasteiger charge is -2.19. The van der Waals surface area contributed by atoms with Crippen LogP contribution in [-0.2, 0) is 19.1 Å². The van der Waals surface area contributed by atoms with Gasteiger partial charge in [-0.3, -0.25) is 4.79 Å². The van der Waals surface area contributed by atoms with Crippen LogP contribution in [0.15, 0.2) is 12.7 Å². The van der Waals surface area contributed by atoms with Crippen LogP contribution in [0, 0.1) is 11.3 Å². The average Bonchev–Trinajstić information content (AvgIpc) is 2.49. The largest absolute Gasteiger partial charge is 0.449 e. The first-order valence-corrected chi connectivity index (χ1v) is 6.42. The second-order valence-electron chi connectivity index (χ2n) is 4.29. The Labute approximate surface area is 130 Å². The normalized spacial score (nSPS) is 12.3. The van der Waals surface area contributed by atoms with Crippen LogP contribution in [0.1, 0.15) is 12.8 Å². The number of hydrogen-bond donors (Lipinski definition) is 1. The third-order valence-corrected chi connectivity index (χ3v) is 2.37. The van der Waals surface area contributed by atoms with E-state index in [0.717, 1.165) is 0 Å². The monoisotopic (exact) mass is 340 g/mol. The number of ether oxygens (including phenoxy) is 2. The zero-order valence-corrected chi connectivity index (χ0v) is 12.1. The van der Waals surface area contributed by atoms with Crippen molar-refractivity contribution in [3.8, 4) is 6.07 Å². The molecule has 0 aromatic heterocycles. The number of alkyl halides is 4. The van der Waals surface area contributed by atoms with Crippen LogP contribution in [0.2, 0.25) is 0 Å². The van der Waals surface area contributed by atoms with Gasteiger partial charge in [0.1, 0.15) is 12.7 Å². The topological polar surface area (TPSA) is 88.4 Å². The fraction of sp³-hybridized carbons (Fsp3) is 0.615. The molecule has 0 aliphatic rings. The summed E-state index contributed by atoms with van der Waals surface area (Å²) in [5.41, 5.74) is 0. The van der Waals surface area contributed by atoms with E-state index in [4.69, 9.17) is 5.26 Å². The minimum absolute atomic E-state index is 0.0290. The molecule has 130 valence electrons. The summed E-state index contributed by atoms with van der Waals surface area (Å²) in [6, 6.07) is 0.0158. The zero-order valence-electron chi connectivity index (χ0n) is 12.1. The van der Waals surface area contributed by atoms with E-state index in [-0.39, 0.29) is 6.42 Å². The minimum atomic E-state index is -4.38. The second-order valence-corrected chi connectivity index (χ2v) is 4.29. The third kappa shape index (κ3) is 8.77. The summed E-state index contributed by atoms with van der Waals surface area (Å²) in [7, 11) is 0. The lowest BCUT2D eigenvalue weighted by Crippen LogP contribution is -2.46. The van der Waals surface area contributed by atoms with Gasteiger partial charge in [0, 0.05) is 6.42 Å². The number of rotatable bonds is 11. The number of nitriles is 1. The highest BCUT2D eigenvalue weighted by atomic mass is 19.3. The Hall–Kier alpha value is -2.15. The van der Waals surface area contributed by atoms with Crippen LogP contribution < -0.4 is 5.32 Å². The van der Waals surface area contributed by atoms with Crippen molar-refractivity contribution in [2.24, 2.45) is 0 Å². The summed E-state index contributed by atoms with van der Waals surface area (Å²) >= 11 is 0. The molecule has 0 aromatic carbocycles. The van der Waals surface area contributed by atoms with Gasteiger partial charge in [-0.2, -0.15) is 14.0 Å². The highest BCUT2D eigenvalue weighted by Gasteiger charge is 2.41. The molecule has 0 rings (SSSR count). The maximum atomic E-state index is 12.7. The predicted octanol–water partition coefficient (Wildman–Crippen LogP) is 1.42. The van der Waals surface area contributed by atoms with Gasteiger partial charge in [0.2, 0.25) is 5.91 Å². The van der Waals surface area contributed by atoms with Gasteiger partial charge in [-0.15, -0.1) is 6.58 Å². The Kier molecular flexibility index (Phi) is 9.57. The number of allylic oxidation sites excluding steroid dienone is 1. The van der Waals surface area contributed by atoms with E-state index in [1.807, 2.05) is 0 Å². The number of hydrogen-bond acceptors (Lipinski definition) is 5. The first-order chi connectivity index (χ1) is 10.7. The molecule has 10 heteroatoms. The molecule has 0 spiro atoms. The van der Waals surface area contributed by atoms with Crippen LogP contribution in [0.5, 0.6) is 0 Å². The molecule has 0 aromatic rings. The summed E-state index contributed by atoms with van der Waals surface area (Å²) in [5.74, 6) is -6.10. The van der Waals surface area contributed by atoms with Gasteiger partial charge in [-0.25, -0.2) is 13.6 Å². The smallest absolute Gasteiger partial charge is 0.332 e. The van der Waals surface area contributed by atoms with Crippen molar-refractivity contribution < 1.29 is 36.6 Å². The molecule has 1 atom stereocenters. The second kappa shape index (κ2) is 10.6. The van der Waals surface area contributed by atoms with Crippen molar-refractivity contribution in [3.05, 3.63) is 12.7 Å². The molecule has 0 saturated carbocycles.